The van der Waals surface area contributed by atoms with Crippen LogP contribution in [0.2, 0.25) is 0 Å². The first-order valence-corrected chi connectivity index (χ1v) is 8.36. The maximum absolute atomic E-state index is 12.4. The van der Waals surface area contributed by atoms with Crippen LogP contribution in [0.5, 0.6) is 0 Å². The summed E-state index contributed by atoms with van der Waals surface area (Å²) in [4.78, 5) is 34.9. The van der Waals surface area contributed by atoms with Crippen molar-refractivity contribution in [2.45, 2.75) is 51.0 Å². The molecule has 24 heavy (non-hydrogen) atoms. The molecule has 6 heteroatoms. The maximum Gasteiger partial charge on any atom is 0.335 e. The Morgan fingerprint density at radius 1 is 1.17 bits per heavy atom. The van der Waals surface area contributed by atoms with Crippen molar-refractivity contribution in [3.8, 4) is 0 Å². The summed E-state index contributed by atoms with van der Waals surface area (Å²) in [6.45, 7) is 0. The zero-order valence-corrected chi connectivity index (χ0v) is 13.7. The van der Waals surface area contributed by atoms with E-state index in [1.165, 1.54) is 12.5 Å². The van der Waals surface area contributed by atoms with Crippen molar-refractivity contribution >= 4 is 17.8 Å². The number of hydrogen-bond acceptors (Lipinski definition) is 3. The minimum absolute atomic E-state index is 0.0234. The number of carbonyl (C=O) groups is 3. The Morgan fingerprint density at radius 3 is 2.46 bits per heavy atom. The molecule has 0 aromatic heterocycles. The Labute approximate surface area is 141 Å². The van der Waals surface area contributed by atoms with Crippen molar-refractivity contribution in [3.05, 3.63) is 35.4 Å². The molecule has 0 aliphatic heterocycles. The van der Waals surface area contributed by atoms with Gasteiger partial charge in [-0.1, -0.05) is 37.5 Å². The van der Waals surface area contributed by atoms with Crippen LogP contribution in [0.15, 0.2) is 24.3 Å². The van der Waals surface area contributed by atoms with Gasteiger partial charge in [-0.05, 0) is 30.4 Å². The predicted molar refractivity (Wildman–Crippen MR) is 89.4 cm³/mol. The van der Waals surface area contributed by atoms with E-state index in [9.17, 15) is 19.5 Å². The number of carboxylic acids is 1. The average Bonchev–Trinajstić information content (AvgIpc) is 2.55. The molecule has 1 saturated carbocycles. The monoisotopic (exact) mass is 332 g/mol. The summed E-state index contributed by atoms with van der Waals surface area (Å²) in [6.07, 6.45) is 5.42. The van der Waals surface area contributed by atoms with E-state index in [0.717, 1.165) is 25.7 Å². The van der Waals surface area contributed by atoms with E-state index < -0.39 is 11.9 Å². The number of aromatic carboxylic acids is 1. The lowest BCUT2D eigenvalue weighted by molar-refractivity contribution is -0.122. The second-order valence-electron chi connectivity index (χ2n) is 6.38. The summed E-state index contributed by atoms with van der Waals surface area (Å²) in [5.74, 6) is -1.51. The fraction of sp³-hybridized carbons (Fsp3) is 0.500. The van der Waals surface area contributed by atoms with Crippen LogP contribution in [-0.4, -0.2) is 28.9 Å². The zero-order valence-electron chi connectivity index (χ0n) is 13.7. The first-order valence-electron chi connectivity index (χ1n) is 8.36. The number of nitrogens with one attached hydrogen (secondary N) is 1. The molecule has 1 aromatic carbocycles. The van der Waals surface area contributed by atoms with E-state index in [-0.39, 0.29) is 36.3 Å². The summed E-state index contributed by atoms with van der Waals surface area (Å²) < 4.78 is 0. The van der Waals surface area contributed by atoms with E-state index >= 15 is 0 Å². The van der Waals surface area contributed by atoms with Crippen molar-refractivity contribution in [2.24, 2.45) is 11.7 Å². The third-order valence-corrected chi connectivity index (χ3v) is 4.59. The molecule has 1 aromatic rings. The second-order valence-corrected chi connectivity index (χ2v) is 6.38. The summed E-state index contributed by atoms with van der Waals surface area (Å²) in [6, 6.07) is 6.17. The van der Waals surface area contributed by atoms with Crippen LogP contribution >= 0.6 is 0 Å². The molecule has 130 valence electrons. The van der Waals surface area contributed by atoms with E-state index in [1.807, 2.05) is 0 Å². The van der Waals surface area contributed by atoms with E-state index in [1.54, 1.807) is 18.2 Å². The fourth-order valence-corrected chi connectivity index (χ4v) is 3.40. The topological polar surface area (TPSA) is 109 Å². The molecule has 1 aliphatic carbocycles. The molecule has 0 radical (unpaired) electrons. The molecule has 0 spiro atoms. The summed E-state index contributed by atoms with van der Waals surface area (Å²) >= 11 is 0. The molecule has 1 atom stereocenters. The Hall–Kier alpha value is -2.37. The fourth-order valence-electron chi connectivity index (χ4n) is 3.40. The first-order chi connectivity index (χ1) is 11.5. The van der Waals surface area contributed by atoms with Crippen molar-refractivity contribution in [1.29, 1.82) is 0 Å². The number of carboxylic acid groups (broad SMARTS) is 1. The van der Waals surface area contributed by atoms with Gasteiger partial charge in [0.2, 0.25) is 11.8 Å². The summed E-state index contributed by atoms with van der Waals surface area (Å²) in [5.41, 5.74) is 5.91. The molecule has 0 bridgehead atoms. The van der Waals surface area contributed by atoms with Crippen LogP contribution in [-0.2, 0) is 16.0 Å². The van der Waals surface area contributed by atoms with Gasteiger partial charge in [-0.15, -0.1) is 0 Å². The van der Waals surface area contributed by atoms with Gasteiger partial charge in [0, 0.05) is 12.5 Å². The van der Waals surface area contributed by atoms with Crippen LogP contribution in [0.3, 0.4) is 0 Å². The highest BCUT2D eigenvalue weighted by Gasteiger charge is 2.26. The Kier molecular flexibility index (Phi) is 6.35. The second kappa shape index (κ2) is 8.47. The standard InChI is InChI=1S/C18H24N2O4/c19-16(21)11-15(12-6-2-1-3-7-12)20-17(22)10-13-8-4-5-9-14(13)18(23)24/h4-5,8-9,12,15H,1-3,6-7,10-11H2,(H2,19,21)(H,20,22)(H,23,24). The van der Waals surface area contributed by atoms with Gasteiger partial charge in [-0.25, -0.2) is 4.79 Å². The molecule has 0 heterocycles. The van der Waals surface area contributed by atoms with Gasteiger partial charge in [0.1, 0.15) is 0 Å². The average molecular weight is 332 g/mol. The van der Waals surface area contributed by atoms with Crippen molar-refractivity contribution in [3.63, 3.8) is 0 Å². The highest BCUT2D eigenvalue weighted by Crippen LogP contribution is 2.27. The van der Waals surface area contributed by atoms with Crippen LogP contribution in [0.4, 0.5) is 0 Å². The smallest absolute Gasteiger partial charge is 0.335 e. The predicted octanol–water partition coefficient (Wildman–Crippen LogP) is 1.87. The highest BCUT2D eigenvalue weighted by atomic mass is 16.4. The molecular weight excluding hydrogens is 308 g/mol. The van der Waals surface area contributed by atoms with Gasteiger partial charge in [0.25, 0.3) is 0 Å². The van der Waals surface area contributed by atoms with Crippen LogP contribution in [0.25, 0.3) is 0 Å². The molecule has 1 fully saturated rings. The molecule has 4 N–H and O–H groups in total. The van der Waals surface area contributed by atoms with Crippen LogP contribution < -0.4 is 11.1 Å². The SMILES string of the molecule is NC(=O)CC(NC(=O)Cc1ccccc1C(=O)O)C1CCCCC1. The number of hydrogen-bond donors (Lipinski definition) is 3. The van der Waals surface area contributed by atoms with Crippen molar-refractivity contribution in [2.75, 3.05) is 0 Å². The van der Waals surface area contributed by atoms with Crippen LogP contribution in [0, 0.1) is 5.92 Å². The molecule has 2 amide bonds. The third kappa shape index (κ3) is 5.08. The largest absolute Gasteiger partial charge is 0.478 e. The molecule has 1 unspecified atom stereocenters. The maximum atomic E-state index is 12.4. The molecule has 0 saturated heterocycles. The van der Waals surface area contributed by atoms with Gasteiger partial charge in [0.15, 0.2) is 0 Å². The number of rotatable bonds is 7. The molecule has 6 nitrogen and oxygen atoms in total. The Bertz CT molecular complexity index is 609. The number of nitrogens with two attached hydrogens (primary N) is 1. The first kappa shape index (κ1) is 18.0. The number of benzene rings is 1. The Morgan fingerprint density at radius 2 is 1.83 bits per heavy atom. The van der Waals surface area contributed by atoms with Gasteiger partial charge >= 0.3 is 5.97 Å². The molecule has 1 aliphatic rings. The van der Waals surface area contributed by atoms with E-state index in [4.69, 9.17) is 5.73 Å². The van der Waals surface area contributed by atoms with E-state index in [0.29, 0.717) is 5.56 Å². The number of amides is 2. The summed E-state index contributed by atoms with van der Waals surface area (Å²) in [5, 5.41) is 12.1. The van der Waals surface area contributed by atoms with Gasteiger partial charge < -0.3 is 16.2 Å². The number of carbonyl (C=O) groups excluding carboxylic acids is 2. The van der Waals surface area contributed by atoms with Crippen molar-refractivity contribution in [1.82, 2.24) is 5.32 Å². The number of primary amides is 1. The lowest BCUT2D eigenvalue weighted by Crippen LogP contribution is -2.44. The Balaban J connectivity index is 2.04. The summed E-state index contributed by atoms with van der Waals surface area (Å²) in [7, 11) is 0. The van der Waals surface area contributed by atoms with Gasteiger partial charge in [-0.3, -0.25) is 9.59 Å². The zero-order chi connectivity index (χ0) is 17.5. The quantitative estimate of drug-likeness (QED) is 0.708. The highest BCUT2D eigenvalue weighted by molar-refractivity contribution is 5.91. The minimum Gasteiger partial charge on any atom is -0.478 e. The molecule has 2 rings (SSSR count). The normalized spacial score (nSPS) is 16.3. The minimum atomic E-state index is -1.06. The van der Waals surface area contributed by atoms with Crippen LogP contribution in [0.1, 0.15) is 54.4 Å². The lowest BCUT2D eigenvalue weighted by Gasteiger charge is -2.30. The van der Waals surface area contributed by atoms with Crippen molar-refractivity contribution < 1.29 is 19.5 Å². The lowest BCUT2D eigenvalue weighted by atomic mass is 9.82. The third-order valence-electron chi connectivity index (χ3n) is 4.59. The van der Waals surface area contributed by atoms with Gasteiger partial charge in [-0.2, -0.15) is 0 Å². The van der Waals surface area contributed by atoms with E-state index in [2.05, 4.69) is 5.32 Å². The van der Waals surface area contributed by atoms with Gasteiger partial charge in [0.05, 0.1) is 12.0 Å². The molecular formula is C18H24N2O4.